The summed E-state index contributed by atoms with van der Waals surface area (Å²) in [5, 5.41) is 0. The molecule has 1 unspecified atom stereocenters. The van der Waals surface area contributed by atoms with Crippen molar-refractivity contribution in [2.45, 2.75) is 32.7 Å². The number of hydrogen-bond donors (Lipinski definition) is 2. The van der Waals surface area contributed by atoms with Crippen molar-refractivity contribution in [1.82, 2.24) is 5.43 Å². The van der Waals surface area contributed by atoms with Gasteiger partial charge >= 0.3 is 0 Å². The molecule has 0 heterocycles. The Hall–Kier alpha value is -1.16. The van der Waals surface area contributed by atoms with Crippen molar-refractivity contribution in [3.05, 3.63) is 69.2 Å². The van der Waals surface area contributed by atoms with Gasteiger partial charge in [-0.25, -0.2) is 0 Å². The minimum absolute atomic E-state index is 0.248. The van der Waals surface area contributed by atoms with E-state index in [2.05, 4.69) is 77.7 Å². The molecule has 0 radical (unpaired) electrons. The molecule has 0 aromatic heterocycles. The van der Waals surface area contributed by atoms with Gasteiger partial charge in [-0.2, -0.15) is 0 Å². The molecule has 0 bridgehead atoms. The number of nitrogens with one attached hydrogen (secondary N) is 1. The molecule has 2 nitrogen and oxygen atoms in total. The maximum atomic E-state index is 5.72. The molecule has 2 aromatic rings. The van der Waals surface area contributed by atoms with Crippen molar-refractivity contribution in [1.29, 1.82) is 0 Å². The lowest BCUT2D eigenvalue weighted by molar-refractivity contribution is 0.522. The van der Waals surface area contributed by atoms with E-state index in [1.54, 1.807) is 0 Å². The van der Waals surface area contributed by atoms with Gasteiger partial charge in [0.25, 0.3) is 0 Å². The second-order valence-corrected chi connectivity index (χ2v) is 6.31. The molecule has 0 amide bonds. The van der Waals surface area contributed by atoms with Gasteiger partial charge in [0.2, 0.25) is 0 Å². The molecule has 0 spiro atoms. The highest BCUT2D eigenvalue weighted by molar-refractivity contribution is 9.10. The molecule has 3 heteroatoms. The minimum Gasteiger partial charge on any atom is -0.271 e. The summed E-state index contributed by atoms with van der Waals surface area (Å²) >= 11 is 3.46. The summed E-state index contributed by atoms with van der Waals surface area (Å²) in [6.45, 7) is 4.27. The summed E-state index contributed by atoms with van der Waals surface area (Å²) in [7, 11) is 0. The lowest BCUT2D eigenvalue weighted by Gasteiger charge is -2.17. The third kappa shape index (κ3) is 4.44. The van der Waals surface area contributed by atoms with Crippen LogP contribution in [0, 0.1) is 13.8 Å². The van der Waals surface area contributed by atoms with Crippen LogP contribution in [0.1, 0.15) is 22.3 Å². The number of hydrazine groups is 1. The first kappa shape index (κ1) is 15.2. The van der Waals surface area contributed by atoms with Crippen molar-refractivity contribution >= 4 is 15.9 Å². The number of halogens is 1. The van der Waals surface area contributed by atoms with E-state index in [4.69, 9.17) is 5.84 Å². The monoisotopic (exact) mass is 332 g/mol. The Kier molecular flexibility index (Phi) is 5.35. The maximum Gasteiger partial charge on any atom is 0.0291 e. The molecule has 0 saturated heterocycles. The molecule has 0 saturated carbocycles. The number of rotatable bonds is 5. The van der Waals surface area contributed by atoms with Crippen LogP contribution in [0.2, 0.25) is 0 Å². The Labute approximate surface area is 129 Å². The predicted octanol–water partition coefficient (Wildman–Crippen LogP) is 3.68. The van der Waals surface area contributed by atoms with Crippen LogP contribution in [-0.2, 0) is 12.8 Å². The summed E-state index contributed by atoms with van der Waals surface area (Å²) < 4.78 is 1.10. The molecular weight excluding hydrogens is 312 g/mol. The molecule has 2 aromatic carbocycles. The van der Waals surface area contributed by atoms with E-state index in [-0.39, 0.29) is 6.04 Å². The van der Waals surface area contributed by atoms with Gasteiger partial charge in [0.15, 0.2) is 0 Å². The lowest BCUT2D eigenvalue weighted by Crippen LogP contribution is -2.38. The zero-order valence-corrected chi connectivity index (χ0v) is 13.6. The van der Waals surface area contributed by atoms with Gasteiger partial charge in [0.1, 0.15) is 0 Å². The van der Waals surface area contributed by atoms with Gasteiger partial charge in [-0.15, -0.1) is 0 Å². The Balaban J connectivity index is 2.06. The van der Waals surface area contributed by atoms with E-state index in [1.165, 1.54) is 22.3 Å². The molecule has 1 atom stereocenters. The largest absolute Gasteiger partial charge is 0.271 e. The van der Waals surface area contributed by atoms with Crippen LogP contribution < -0.4 is 11.3 Å². The molecule has 2 rings (SSSR count). The Morgan fingerprint density at radius 3 is 2.05 bits per heavy atom. The number of nitrogens with two attached hydrogens (primary N) is 1. The van der Waals surface area contributed by atoms with Crippen molar-refractivity contribution < 1.29 is 0 Å². The third-order valence-electron chi connectivity index (χ3n) is 3.39. The predicted molar refractivity (Wildman–Crippen MR) is 88.6 cm³/mol. The summed E-state index contributed by atoms with van der Waals surface area (Å²) in [4.78, 5) is 0. The van der Waals surface area contributed by atoms with Crippen LogP contribution in [0.25, 0.3) is 0 Å². The van der Waals surface area contributed by atoms with Crippen LogP contribution in [0.15, 0.2) is 46.9 Å². The summed E-state index contributed by atoms with van der Waals surface area (Å²) in [5.74, 6) is 5.72. The van der Waals surface area contributed by atoms with Gasteiger partial charge in [-0.1, -0.05) is 57.4 Å². The molecule has 0 aliphatic carbocycles. The van der Waals surface area contributed by atoms with Gasteiger partial charge < -0.3 is 0 Å². The Morgan fingerprint density at radius 2 is 1.50 bits per heavy atom. The molecular formula is C17H21BrN2. The van der Waals surface area contributed by atoms with Gasteiger partial charge in [0.05, 0.1) is 0 Å². The van der Waals surface area contributed by atoms with E-state index in [0.29, 0.717) is 0 Å². The average Bonchev–Trinajstić information content (AvgIpc) is 2.39. The highest BCUT2D eigenvalue weighted by atomic mass is 79.9. The molecule has 0 aliphatic rings. The number of benzene rings is 2. The van der Waals surface area contributed by atoms with Gasteiger partial charge in [-0.05, 0) is 49.9 Å². The van der Waals surface area contributed by atoms with Crippen LogP contribution >= 0.6 is 15.9 Å². The van der Waals surface area contributed by atoms with E-state index in [1.807, 2.05) is 0 Å². The van der Waals surface area contributed by atoms with Crippen molar-refractivity contribution in [3.63, 3.8) is 0 Å². The fourth-order valence-corrected chi connectivity index (χ4v) is 2.83. The number of aryl methyl sites for hydroxylation is 2. The maximum absolute atomic E-state index is 5.72. The summed E-state index contributed by atoms with van der Waals surface area (Å²) in [5.41, 5.74) is 8.18. The topological polar surface area (TPSA) is 38.0 Å². The van der Waals surface area contributed by atoms with Crippen LogP contribution in [0.3, 0.4) is 0 Å². The van der Waals surface area contributed by atoms with Gasteiger partial charge in [-0.3, -0.25) is 11.3 Å². The van der Waals surface area contributed by atoms with Crippen LogP contribution in [-0.4, -0.2) is 6.04 Å². The first-order chi connectivity index (χ1) is 9.56. The van der Waals surface area contributed by atoms with E-state index < -0.39 is 0 Å². The third-order valence-corrected chi connectivity index (χ3v) is 3.92. The van der Waals surface area contributed by atoms with E-state index >= 15 is 0 Å². The Bertz CT molecular complexity index is 543. The minimum atomic E-state index is 0.248. The SMILES string of the molecule is Cc1cc(C)cc(CC(Cc2ccc(Br)cc2)NN)c1. The standard InChI is InChI=1S/C17H21BrN2/c1-12-7-13(2)9-15(8-12)11-17(20-19)10-14-3-5-16(18)6-4-14/h3-9,17,20H,10-11,19H2,1-2H3. The first-order valence-corrected chi connectivity index (χ1v) is 7.64. The summed E-state index contributed by atoms with van der Waals surface area (Å²) in [6.07, 6.45) is 1.87. The van der Waals surface area contributed by atoms with E-state index in [9.17, 15) is 0 Å². The lowest BCUT2D eigenvalue weighted by atomic mass is 9.97. The average molecular weight is 333 g/mol. The fraction of sp³-hybridized carbons (Fsp3) is 0.294. The quantitative estimate of drug-likeness (QED) is 0.647. The van der Waals surface area contributed by atoms with E-state index in [0.717, 1.165) is 17.3 Å². The molecule has 0 aliphatic heterocycles. The summed E-state index contributed by atoms with van der Waals surface area (Å²) in [6, 6.07) is 15.3. The second kappa shape index (κ2) is 7.02. The highest BCUT2D eigenvalue weighted by Crippen LogP contribution is 2.15. The van der Waals surface area contributed by atoms with Crippen LogP contribution in [0.5, 0.6) is 0 Å². The molecule has 0 fully saturated rings. The fourth-order valence-electron chi connectivity index (χ4n) is 2.57. The molecule has 3 N–H and O–H groups in total. The molecule has 20 heavy (non-hydrogen) atoms. The smallest absolute Gasteiger partial charge is 0.0291 e. The molecule has 106 valence electrons. The number of hydrogen-bond acceptors (Lipinski definition) is 2. The highest BCUT2D eigenvalue weighted by Gasteiger charge is 2.09. The van der Waals surface area contributed by atoms with Crippen LogP contribution in [0.4, 0.5) is 0 Å². The zero-order valence-electron chi connectivity index (χ0n) is 12.0. The first-order valence-electron chi connectivity index (χ1n) is 6.84. The van der Waals surface area contributed by atoms with Gasteiger partial charge in [0, 0.05) is 10.5 Å². The zero-order chi connectivity index (χ0) is 14.5. The second-order valence-electron chi connectivity index (χ2n) is 5.39. The van der Waals surface area contributed by atoms with Crippen molar-refractivity contribution in [3.8, 4) is 0 Å². The normalized spacial score (nSPS) is 12.4. The Morgan fingerprint density at radius 1 is 0.950 bits per heavy atom. The van der Waals surface area contributed by atoms with Crippen molar-refractivity contribution in [2.75, 3.05) is 0 Å². The van der Waals surface area contributed by atoms with Crippen molar-refractivity contribution in [2.24, 2.45) is 5.84 Å².